The first-order valence-corrected chi connectivity index (χ1v) is 7.96. The van der Waals surface area contributed by atoms with Crippen LogP contribution in [0.1, 0.15) is 16.7 Å². The average molecular weight is 344 g/mol. The molecule has 0 radical (unpaired) electrons. The number of rotatable bonds is 7. The van der Waals surface area contributed by atoms with E-state index in [-0.39, 0.29) is 6.54 Å². The largest absolute Gasteiger partial charge is 0.401 e. The first-order valence-electron chi connectivity index (χ1n) is 7.96. The van der Waals surface area contributed by atoms with Gasteiger partial charge >= 0.3 is 6.18 Å². The van der Waals surface area contributed by atoms with Crippen LogP contribution in [0.15, 0.2) is 23.2 Å². The van der Waals surface area contributed by atoms with Crippen LogP contribution in [0.4, 0.5) is 13.2 Å². The predicted octanol–water partition coefficient (Wildman–Crippen LogP) is 2.51. The number of hydrogen-bond acceptors (Lipinski definition) is 2. The number of nitrogens with one attached hydrogen (secondary N) is 2. The van der Waals surface area contributed by atoms with E-state index >= 15 is 0 Å². The molecule has 0 amide bonds. The van der Waals surface area contributed by atoms with Crippen LogP contribution in [-0.4, -0.2) is 57.3 Å². The third-order valence-electron chi connectivity index (χ3n) is 3.45. The van der Waals surface area contributed by atoms with Gasteiger partial charge in [-0.25, -0.2) is 0 Å². The third kappa shape index (κ3) is 8.76. The van der Waals surface area contributed by atoms with Crippen LogP contribution in [0.25, 0.3) is 0 Å². The molecule has 1 aromatic rings. The number of likely N-dealkylation sites (N-methyl/N-ethyl adjacent to an activating group) is 1. The van der Waals surface area contributed by atoms with Crippen molar-refractivity contribution in [3.63, 3.8) is 0 Å². The molecule has 2 N–H and O–H groups in total. The zero-order valence-corrected chi connectivity index (χ0v) is 14.8. The minimum Gasteiger partial charge on any atom is -0.356 e. The van der Waals surface area contributed by atoms with Crippen molar-refractivity contribution in [2.24, 2.45) is 4.99 Å². The van der Waals surface area contributed by atoms with Crippen LogP contribution in [-0.2, 0) is 6.42 Å². The monoisotopic (exact) mass is 344 g/mol. The third-order valence-corrected chi connectivity index (χ3v) is 3.45. The lowest BCUT2D eigenvalue weighted by atomic mass is 10.1. The molecular weight excluding hydrogens is 317 g/mol. The van der Waals surface area contributed by atoms with E-state index in [9.17, 15) is 13.2 Å². The van der Waals surface area contributed by atoms with Gasteiger partial charge in [0.1, 0.15) is 0 Å². The minimum atomic E-state index is -4.17. The molecule has 0 aromatic heterocycles. The van der Waals surface area contributed by atoms with E-state index in [1.165, 1.54) is 28.6 Å². The number of nitrogens with zero attached hydrogens (tertiary/aromatic N) is 2. The summed E-state index contributed by atoms with van der Waals surface area (Å²) in [7, 11) is 3.09. The smallest absolute Gasteiger partial charge is 0.356 e. The van der Waals surface area contributed by atoms with E-state index in [0.717, 1.165) is 6.42 Å². The number of alkyl halides is 3. The summed E-state index contributed by atoms with van der Waals surface area (Å²) < 4.78 is 36.7. The van der Waals surface area contributed by atoms with Gasteiger partial charge in [-0.05, 0) is 32.9 Å². The summed E-state index contributed by atoms with van der Waals surface area (Å²) >= 11 is 0. The summed E-state index contributed by atoms with van der Waals surface area (Å²) in [6.45, 7) is 4.63. The van der Waals surface area contributed by atoms with Crippen LogP contribution in [0.5, 0.6) is 0 Å². The van der Waals surface area contributed by atoms with E-state index in [0.29, 0.717) is 19.0 Å². The van der Waals surface area contributed by atoms with Gasteiger partial charge in [0.25, 0.3) is 0 Å². The molecule has 0 fully saturated rings. The molecule has 0 heterocycles. The van der Waals surface area contributed by atoms with Crippen LogP contribution in [0.2, 0.25) is 0 Å². The molecule has 1 rings (SSSR count). The van der Waals surface area contributed by atoms with Gasteiger partial charge in [-0.15, -0.1) is 0 Å². The fourth-order valence-electron chi connectivity index (χ4n) is 2.51. The highest BCUT2D eigenvalue weighted by Crippen LogP contribution is 2.15. The summed E-state index contributed by atoms with van der Waals surface area (Å²) in [4.78, 5) is 5.31. The van der Waals surface area contributed by atoms with Gasteiger partial charge in [0.2, 0.25) is 0 Å². The maximum absolute atomic E-state index is 12.2. The summed E-state index contributed by atoms with van der Waals surface area (Å²) in [6.07, 6.45) is -3.31. The second-order valence-electron chi connectivity index (χ2n) is 6.02. The summed E-state index contributed by atoms with van der Waals surface area (Å²) in [5.74, 6) is 0.597. The molecule has 0 spiro atoms. The molecule has 0 aliphatic heterocycles. The van der Waals surface area contributed by atoms with Crippen molar-refractivity contribution in [3.05, 3.63) is 34.9 Å². The van der Waals surface area contributed by atoms with Gasteiger partial charge in [0.05, 0.1) is 6.54 Å². The molecule has 4 nitrogen and oxygen atoms in total. The second-order valence-corrected chi connectivity index (χ2v) is 6.02. The zero-order valence-electron chi connectivity index (χ0n) is 14.8. The van der Waals surface area contributed by atoms with Crippen molar-refractivity contribution < 1.29 is 13.2 Å². The Bertz CT molecular complexity index is 521. The molecule has 24 heavy (non-hydrogen) atoms. The summed E-state index contributed by atoms with van der Waals surface area (Å²) in [6, 6.07) is 6.43. The Morgan fingerprint density at radius 3 is 2.21 bits per heavy atom. The Hall–Kier alpha value is -1.76. The average Bonchev–Trinajstić information content (AvgIpc) is 2.42. The van der Waals surface area contributed by atoms with E-state index < -0.39 is 12.7 Å². The molecule has 7 heteroatoms. The first-order chi connectivity index (χ1) is 11.2. The quantitative estimate of drug-likeness (QED) is 0.590. The van der Waals surface area contributed by atoms with Crippen LogP contribution in [0, 0.1) is 13.8 Å². The van der Waals surface area contributed by atoms with Crippen molar-refractivity contribution >= 4 is 5.96 Å². The number of benzene rings is 1. The van der Waals surface area contributed by atoms with Crippen LogP contribution >= 0.6 is 0 Å². The number of hydrogen-bond donors (Lipinski definition) is 2. The number of guanidine groups is 1. The zero-order chi connectivity index (χ0) is 18.2. The molecule has 0 atom stereocenters. The van der Waals surface area contributed by atoms with E-state index in [4.69, 9.17) is 0 Å². The molecule has 0 bridgehead atoms. The Morgan fingerprint density at radius 1 is 1.08 bits per heavy atom. The maximum Gasteiger partial charge on any atom is 0.401 e. The molecule has 0 saturated heterocycles. The Morgan fingerprint density at radius 2 is 1.67 bits per heavy atom. The Balaban J connectivity index is 2.30. The first kappa shape index (κ1) is 20.3. The molecule has 0 aliphatic carbocycles. The predicted molar refractivity (Wildman–Crippen MR) is 92.5 cm³/mol. The maximum atomic E-state index is 12.2. The van der Waals surface area contributed by atoms with Gasteiger partial charge in [-0.3, -0.25) is 9.89 Å². The van der Waals surface area contributed by atoms with E-state index in [1.807, 2.05) is 0 Å². The van der Waals surface area contributed by atoms with Crippen molar-refractivity contribution in [1.29, 1.82) is 0 Å². The second kappa shape index (κ2) is 9.52. The summed E-state index contributed by atoms with van der Waals surface area (Å²) in [5.41, 5.74) is 3.72. The fourth-order valence-corrected chi connectivity index (χ4v) is 2.51. The normalized spacial score (nSPS) is 12.6. The van der Waals surface area contributed by atoms with Crippen LogP contribution < -0.4 is 10.6 Å². The lowest BCUT2D eigenvalue weighted by molar-refractivity contribution is -0.142. The van der Waals surface area contributed by atoms with Crippen molar-refractivity contribution in [1.82, 2.24) is 15.5 Å². The highest BCUT2D eigenvalue weighted by atomic mass is 19.4. The Labute approximate surface area is 142 Å². The number of aliphatic imine (C=N–C) groups is 1. The molecule has 0 saturated carbocycles. The highest BCUT2D eigenvalue weighted by molar-refractivity contribution is 5.79. The lowest BCUT2D eigenvalue weighted by Gasteiger charge is -2.19. The van der Waals surface area contributed by atoms with Gasteiger partial charge in [-0.1, -0.05) is 29.3 Å². The number of halogens is 3. The molecule has 0 aliphatic rings. The lowest BCUT2D eigenvalue weighted by Crippen LogP contribution is -2.43. The number of aryl methyl sites for hydroxylation is 2. The van der Waals surface area contributed by atoms with Crippen molar-refractivity contribution in [2.75, 3.05) is 40.3 Å². The fraction of sp³-hybridized carbons (Fsp3) is 0.588. The molecule has 136 valence electrons. The van der Waals surface area contributed by atoms with Crippen molar-refractivity contribution in [3.8, 4) is 0 Å². The highest BCUT2D eigenvalue weighted by Gasteiger charge is 2.28. The Kier molecular flexibility index (Phi) is 8.04. The van der Waals surface area contributed by atoms with E-state index in [2.05, 4.69) is 47.7 Å². The van der Waals surface area contributed by atoms with E-state index in [1.54, 1.807) is 7.05 Å². The van der Waals surface area contributed by atoms with Gasteiger partial charge in [0.15, 0.2) is 5.96 Å². The molecule has 1 aromatic carbocycles. The minimum absolute atomic E-state index is 0.289. The molecular formula is C17H27F3N4. The van der Waals surface area contributed by atoms with Gasteiger partial charge in [0, 0.05) is 26.7 Å². The van der Waals surface area contributed by atoms with Crippen LogP contribution in [0.3, 0.4) is 0 Å². The van der Waals surface area contributed by atoms with Gasteiger partial charge < -0.3 is 10.6 Å². The summed E-state index contributed by atoms with van der Waals surface area (Å²) in [5, 5.41) is 6.20. The molecule has 0 unspecified atom stereocenters. The standard InChI is InChI=1S/C17H27F3N4/c1-13-9-14(2)11-15(10-13)5-6-22-16(21-3)23-7-8-24(4)12-17(18,19)20/h9-11H,5-8,12H2,1-4H3,(H2,21,22,23). The SMILES string of the molecule is CN=C(NCCc1cc(C)cc(C)c1)NCCN(C)CC(F)(F)F. The van der Waals surface area contributed by atoms with Gasteiger partial charge in [-0.2, -0.15) is 13.2 Å². The van der Waals surface area contributed by atoms with Crippen molar-refractivity contribution in [2.45, 2.75) is 26.4 Å². The topological polar surface area (TPSA) is 39.7 Å².